The molecular weight excluding hydrogens is 328 g/mol. The van der Waals surface area contributed by atoms with Crippen LogP contribution in [0, 0.1) is 0 Å². The van der Waals surface area contributed by atoms with Crippen molar-refractivity contribution < 1.29 is 0 Å². The Bertz CT molecular complexity index is 806. The van der Waals surface area contributed by atoms with Gasteiger partial charge in [-0.15, -0.1) is 11.3 Å². The maximum atomic E-state index is 5.85. The molecule has 0 radical (unpaired) electrons. The van der Waals surface area contributed by atoms with Gasteiger partial charge >= 0.3 is 0 Å². The van der Waals surface area contributed by atoms with Crippen molar-refractivity contribution in [3.05, 3.63) is 51.1 Å². The summed E-state index contributed by atoms with van der Waals surface area (Å²) in [6.07, 6.45) is 6.59. The van der Waals surface area contributed by atoms with Crippen molar-refractivity contribution in [2.45, 2.75) is 32.2 Å². The van der Waals surface area contributed by atoms with Gasteiger partial charge in [0.25, 0.3) is 0 Å². The minimum absolute atomic E-state index is 0.584. The van der Waals surface area contributed by atoms with Crippen LogP contribution < -0.4 is 5.32 Å². The maximum absolute atomic E-state index is 5.85. The highest BCUT2D eigenvalue weighted by molar-refractivity contribution is 7.15. The second kappa shape index (κ2) is 6.34. The number of nitrogens with one attached hydrogen (secondary N) is 2. The van der Waals surface area contributed by atoms with Crippen LogP contribution in [-0.2, 0) is 19.4 Å². The van der Waals surface area contributed by atoms with Crippen molar-refractivity contribution in [2.24, 2.45) is 0 Å². The van der Waals surface area contributed by atoms with Crippen LogP contribution in [0.2, 0.25) is 4.47 Å². The van der Waals surface area contributed by atoms with E-state index >= 15 is 0 Å². The molecule has 0 aliphatic heterocycles. The quantitative estimate of drug-likeness (QED) is 0.722. The standard InChI is InChI=1S/C17H17ClN4S/c18-17-20-10-13(23-17)9-19-12-7-5-11(6-8-12)16-14-3-1-2-4-15(14)21-22-16/h5-8,10,19H,1-4,9H2,(H,21,22). The lowest BCUT2D eigenvalue weighted by molar-refractivity contribution is 0.675. The van der Waals surface area contributed by atoms with Crippen LogP contribution in [0.3, 0.4) is 0 Å². The summed E-state index contributed by atoms with van der Waals surface area (Å²) in [7, 11) is 0. The van der Waals surface area contributed by atoms with Crippen molar-refractivity contribution in [2.75, 3.05) is 5.32 Å². The predicted molar refractivity (Wildman–Crippen MR) is 95.1 cm³/mol. The molecule has 23 heavy (non-hydrogen) atoms. The zero-order valence-corrected chi connectivity index (χ0v) is 14.2. The van der Waals surface area contributed by atoms with Crippen LogP contribution in [0.1, 0.15) is 29.0 Å². The molecule has 1 aliphatic rings. The van der Waals surface area contributed by atoms with Gasteiger partial charge < -0.3 is 5.32 Å². The Labute approximate surface area is 143 Å². The summed E-state index contributed by atoms with van der Waals surface area (Å²) in [6, 6.07) is 8.46. The number of nitrogens with zero attached hydrogens (tertiary/aromatic N) is 2. The molecule has 0 saturated carbocycles. The van der Waals surface area contributed by atoms with Crippen LogP contribution in [0.5, 0.6) is 0 Å². The lowest BCUT2D eigenvalue weighted by Gasteiger charge is -2.11. The summed E-state index contributed by atoms with van der Waals surface area (Å²) in [5.74, 6) is 0. The van der Waals surface area contributed by atoms with Gasteiger partial charge in [-0.1, -0.05) is 23.7 Å². The normalized spacial score (nSPS) is 13.8. The average molecular weight is 345 g/mol. The monoisotopic (exact) mass is 344 g/mol. The largest absolute Gasteiger partial charge is 0.380 e. The van der Waals surface area contributed by atoms with Gasteiger partial charge in [0.1, 0.15) is 0 Å². The van der Waals surface area contributed by atoms with E-state index in [1.165, 1.54) is 41.0 Å². The molecule has 0 amide bonds. The molecule has 4 rings (SSSR count). The molecule has 3 aromatic rings. The minimum atomic E-state index is 0.584. The highest BCUT2D eigenvalue weighted by Gasteiger charge is 2.17. The second-order valence-electron chi connectivity index (χ2n) is 5.75. The average Bonchev–Trinajstić information content (AvgIpc) is 3.20. The molecule has 6 heteroatoms. The summed E-state index contributed by atoms with van der Waals surface area (Å²) < 4.78 is 0.584. The fourth-order valence-electron chi connectivity index (χ4n) is 3.02. The molecule has 0 fully saturated rings. The zero-order valence-electron chi connectivity index (χ0n) is 12.6. The highest BCUT2D eigenvalue weighted by Crippen LogP contribution is 2.30. The summed E-state index contributed by atoms with van der Waals surface area (Å²) in [6.45, 7) is 0.738. The van der Waals surface area contributed by atoms with Crippen molar-refractivity contribution in [3.8, 4) is 11.3 Å². The first kappa shape index (κ1) is 14.7. The number of fused-ring (bicyclic) bond motifs is 1. The summed E-state index contributed by atoms with van der Waals surface area (Å²) in [5.41, 5.74) is 6.09. The number of H-pyrrole nitrogens is 1. The van der Waals surface area contributed by atoms with E-state index in [1.807, 2.05) is 6.20 Å². The molecule has 2 heterocycles. The Hall–Kier alpha value is -1.85. The number of aromatic amines is 1. The van der Waals surface area contributed by atoms with Crippen LogP contribution in [0.4, 0.5) is 5.69 Å². The Morgan fingerprint density at radius 3 is 2.78 bits per heavy atom. The predicted octanol–water partition coefficient (Wildman–Crippen LogP) is 4.68. The Kier molecular flexibility index (Phi) is 4.06. The van der Waals surface area contributed by atoms with E-state index in [2.05, 4.69) is 44.8 Å². The SMILES string of the molecule is Clc1ncc(CNc2ccc(-c3n[nH]c4c3CCCC4)cc2)s1. The smallest absolute Gasteiger partial charge is 0.183 e. The van der Waals surface area contributed by atoms with E-state index in [1.54, 1.807) is 0 Å². The molecule has 4 nitrogen and oxygen atoms in total. The number of benzene rings is 1. The maximum Gasteiger partial charge on any atom is 0.183 e. The Morgan fingerprint density at radius 1 is 1.17 bits per heavy atom. The van der Waals surface area contributed by atoms with Crippen LogP contribution >= 0.6 is 22.9 Å². The number of anilines is 1. The van der Waals surface area contributed by atoms with Gasteiger partial charge in [-0.05, 0) is 37.8 Å². The molecule has 2 N–H and O–H groups in total. The first-order valence-corrected chi connectivity index (χ1v) is 8.99. The topological polar surface area (TPSA) is 53.6 Å². The first-order valence-electron chi connectivity index (χ1n) is 7.80. The Balaban J connectivity index is 1.48. The number of halogens is 1. The number of hydrogen-bond acceptors (Lipinski definition) is 4. The first-order chi connectivity index (χ1) is 11.3. The molecule has 0 saturated heterocycles. The minimum Gasteiger partial charge on any atom is -0.380 e. The van der Waals surface area contributed by atoms with Gasteiger partial charge in [-0.2, -0.15) is 5.10 Å². The van der Waals surface area contributed by atoms with Gasteiger partial charge in [-0.3, -0.25) is 5.10 Å². The van der Waals surface area contributed by atoms with Crippen LogP contribution in [0.15, 0.2) is 30.5 Å². The summed E-state index contributed by atoms with van der Waals surface area (Å²) in [5, 5.41) is 11.1. The van der Waals surface area contributed by atoms with Gasteiger partial charge in [0.05, 0.1) is 12.2 Å². The van der Waals surface area contributed by atoms with Crippen molar-refractivity contribution >= 4 is 28.6 Å². The third-order valence-corrected chi connectivity index (χ3v) is 5.32. The third kappa shape index (κ3) is 3.12. The third-order valence-electron chi connectivity index (χ3n) is 4.21. The fourth-order valence-corrected chi connectivity index (χ4v) is 3.94. The number of hydrogen-bond donors (Lipinski definition) is 2. The summed E-state index contributed by atoms with van der Waals surface area (Å²) >= 11 is 7.35. The number of aromatic nitrogens is 3. The van der Waals surface area contributed by atoms with Crippen molar-refractivity contribution in [1.29, 1.82) is 0 Å². The van der Waals surface area contributed by atoms with E-state index in [9.17, 15) is 0 Å². The van der Waals surface area contributed by atoms with E-state index in [4.69, 9.17) is 11.6 Å². The zero-order chi connectivity index (χ0) is 15.6. The van der Waals surface area contributed by atoms with Crippen LogP contribution in [0.25, 0.3) is 11.3 Å². The van der Waals surface area contributed by atoms with Gasteiger partial charge in [0.2, 0.25) is 0 Å². The Morgan fingerprint density at radius 2 is 2.00 bits per heavy atom. The molecule has 2 aromatic heterocycles. The molecule has 1 aromatic carbocycles. The highest BCUT2D eigenvalue weighted by atomic mass is 35.5. The van der Waals surface area contributed by atoms with E-state index in [0.717, 1.165) is 35.6 Å². The van der Waals surface area contributed by atoms with E-state index in [0.29, 0.717) is 4.47 Å². The van der Waals surface area contributed by atoms with Gasteiger partial charge in [-0.25, -0.2) is 4.98 Å². The lowest BCUT2D eigenvalue weighted by Crippen LogP contribution is -2.01. The second-order valence-corrected chi connectivity index (χ2v) is 7.44. The number of aryl methyl sites for hydroxylation is 1. The molecule has 1 aliphatic carbocycles. The van der Waals surface area contributed by atoms with Crippen molar-refractivity contribution in [1.82, 2.24) is 15.2 Å². The van der Waals surface area contributed by atoms with E-state index < -0.39 is 0 Å². The fraction of sp³-hybridized carbons (Fsp3) is 0.294. The van der Waals surface area contributed by atoms with Gasteiger partial charge in [0, 0.05) is 33.6 Å². The molecular formula is C17H17ClN4S. The molecule has 0 bridgehead atoms. The summed E-state index contributed by atoms with van der Waals surface area (Å²) in [4.78, 5) is 5.18. The lowest BCUT2D eigenvalue weighted by atomic mass is 9.94. The van der Waals surface area contributed by atoms with Gasteiger partial charge in [0.15, 0.2) is 4.47 Å². The number of rotatable bonds is 4. The molecule has 118 valence electrons. The van der Waals surface area contributed by atoms with E-state index in [-0.39, 0.29) is 0 Å². The molecule has 0 atom stereocenters. The molecule has 0 unspecified atom stereocenters. The molecule has 0 spiro atoms. The number of thiazole rings is 1. The van der Waals surface area contributed by atoms with Crippen molar-refractivity contribution in [3.63, 3.8) is 0 Å². The van der Waals surface area contributed by atoms with Crippen LogP contribution in [-0.4, -0.2) is 15.2 Å².